The molecule has 428 valence electrons. The van der Waals surface area contributed by atoms with Gasteiger partial charge in [0.2, 0.25) is 65.0 Å². The first-order valence-electron chi connectivity index (χ1n) is 26.0. The van der Waals surface area contributed by atoms with E-state index in [1.54, 1.807) is 44.3 Å². The lowest BCUT2D eigenvalue weighted by molar-refractivity contribution is -0.143. The number of nitrogens with two attached hydrogens (primary N) is 3. The van der Waals surface area contributed by atoms with Crippen molar-refractivity contribution >= 4 is 87.6 Å². The standard InChI is InChI=1S/C51H77N15O11S/c1-27(2)18-36(47(73)62-35(44(54)70)14-17-78-6)63-48(74)38(20-31-24-55-26-58-31)61-41(68)25-57-50(76)42(28(3)4)65-45(71)29(5)59-46(72)37(19-30-23-56-34-13-9-8-12-32(30)34)64-49(75)39(60-40(67)22-52)21-33(43(53)69)51(77)66-15-10-7-11-16-66/h8-9,12-13,23-24,26-29,33,35-39,42,56H,7,10-11,14-22,25,52H2,1-6H3,(H2,53,69)(H2,54,70)(H,55,58)(H,57,76)(H,59,72)(H,60,67)(H,61,68)(H,62,73)(H,63,74)(H,64,75)(H,65,71)/t29-,33?,35-,36-,37-,38-,39-,42-/m0/s1. The van der Waals surface area contributed by atoms with E-state index in [9.17, 15) is 52.7 Å². The average Bonchev–Trinajstić information content (AvgIpc) is 4.09. The van der Waals surface area contributed by atoms with Crippen molar-refractivity contribution in [1.29, 1.82) is 0 Å². The van der Waals surface area contributed by atoms with Crippen molar-refractivity contribution in [2.24, 2.45) is 35.0 Å². The topological polar surface area (TPSA) is 410 Å². The third-order valence-electron chi connectivity index (χ3n) is 13.0. The van der Waals surface area contributed by atoms with Gasteiger partial charge in [-0.05, 0) is 80.9 Å². The van der Waals surface area contributed by atoms with Gasteiger partial charge < -0.3 is 74.6 Å². The van der Waals surface area contributed by atoms with Crippen molar-refractivity contribution in [2.75, 3.05) is 38.2 Å². The molecule has 16 N–H and O–H groups in total. The van der Waals surface area contributed by atoms with Crippen molar-refractivity contribution in [1.82, 2.24) is 62.4 Å². The molecule has 0 bridgehead atoms. The molecule has 1 aliphatic rings. The quantitative estimate of drug-likeness (QED) is 0.0299. The van der Waals surface area contributed by atoms with Crippen LogP contribution in [0.25, 0.3) is 10.9 Å². The maximum atomic E-state index is 14.3. The summed E-state index contributed by atoms with van der Waals surface area (Å²) in [6, 6.07) is -1.79. The molecule has 1 aromatic carbocycles. The predicted molar refractivity (Wildman–Crippen MR) is 290 cm³/mol. The Morgan fingerprint density at radius 1 is 0.667 bits per heavy atom. The number of rotatable bonds is 31. The van der Waals surface area contributed by atoms with Gasteiger partial charge in [-0.15, -0.1) is 0 Å². The van der Waals surface area contributed by atoms with Crippen LogP contribution in [0.1, 0.15) is 84.4 Å². The van der Waals surface area contributed by atoms with Crippen LogP contribution in [-0.4, -0.2) is 165 Å². The Kier molecular flexibility index (Phi) is 25.0. The van der Waals surface area contributed by atoms with Gasteiger partial charge in [-0.1, -0.05) is 45.9 Å². The van der Waals surface area contributed by atoms with Gasteiger partial charge in [0, 0.05) is 54.9 Å². The van der Waals surface area contributed by atoms with E-state index in [1.165, 1.54) is 36.1 Å². The Morgan fingerprint density at radius 2 is 1.27 bits per heavy atom. The van der Waals surface area contributed by atoms with E-state index in [4.69, 9.17) is 17.2 Å². The van der Waals surface area contributed by atoms with E-state index in [0.29, 0.717) is 48.3 Å². The molecule has 1 aliphatic heterocycles. The van der Waals surface area contributed by atoms with Crippen LogP contribution in [0.3, 0.4) is 0 Å². The molecule has 0 aliphatic carbocycles. The number of carbonyl (C=O) groups is 11. The summed E-state index contributed by atoms with van der Waals surface area (Å²) in [7, 11) is 0. The maximum absolute atomic E-state index is 14.3. The molecule has 0 saturated carbocycles. The minimum atomic E-state index is -1.56. The lowest BCUT2D eigenvalue weighted by atomic mass is 9.95. The molecule has 27 heteroatoms. The zero-order valence-corrected chi connectivity index (χ0v) is 45.8. The number of likely N-dealkylation sites (tertiary alicyclic amines) is 1. The molecule has 1 fully saturated rings. The molecule has 8 atom stereocenters. The van der Waals surface area contributed by atoms with Crippen LogP contribution in [0.5, 0.6) is 0 Å². The second-order valence-electron chi connectivity index (χ2n) is 20.0. The predicted octanol–water partition coefficient (Wildman–Crippen LogP) is -2.39. The van der Waals surface area contributed by atoms with Crippen LogP contribution in [-0.2, 0) is 65.6 Å². The number of piperidine rings is 1. The zero-order valence-electron chi connectivity index (χ0n) is 45.0. The number of amides is 11. The number of benzene rings is 1. The largest absolute Gasteiger partial charge is 0.369 e. The lowest BCUT2D eigenvalue weighted by Gasteiger charge is -2.31. The summed E-state index contributed by atoms with van der Waals surface area (Å²) in [6.07, 6.45) is 8.29. The number of hydrogen-bond acceptors (Lipinski definition) is 14. The summed E-state index contributed by atoms with van der Waals surface area (Å²) in [5.74, 6) is -10.4. The molecule has 1 unspecified atom stereocenters. The molecule has 4 rings (SSSR count). The Bertz CT molecular complexity index is 2570. The number of H-pyrrole nitrogens is 2. The Hall–Kier alpha value is -7.55. The summed E-state index contributed by atoms with van der Waals surface area (Å²) < 4.78 is 0. The minimum Gasteiger partial charge on any atom is -0.369 e. The Labute approximate surface area is 456 Å². The highest BCUT2D eigenvalue weighted by Crippen LogP contribution is 2.21. The number of aromatic amines is 2. The van der Waals surface area contributed by atoms with Gasteiger partial charge in [0.15, 0.2) is 0 Å². The number of hydrogen-bond donors (Lipinski definition) is 13. The van der Waals surface area contributed by atoms with E-state index in [0.717, 1.165) is 11.9 Å². The number of nitrogens with zero attached hydrogens (tertiary/aromatic N) is 2. The van der Waals surface area contributed by atoms with Gasteiger partial charge in [0.1, 0.15) is 48.2 Å². The lowest BCUT2D eigenvalue weighted by Crippen LogP contribution is -2.60. The molecule has 1 saturated heterocycles. The average molecular weight is 1110 g/mol. The molecule has 3 aromatic rings. The van der Waals surface area contributed by atoms with Gasteiger partial charge in [-0.25, -0.2) is 4.98 Å². The summed E-state index contributed by atoms with van der Waals surface area (Å²) >= 11 is 1.46. The van der Waals surface area contributed by atoms with Crippen LogP contribution in [0.2, 0.25) is 0 Å². The molecule has 0 radical (unpaired) electrons. The van der Waals surface area contributed by atoms with Crippen molar-refractivity contribution < 1.29 is 52.7 Å². The summed E-state index contributed by atoms with van der Waals surface area (Å²) in [4.78, 5) is 159. The van der Waals surface area contributed by atoms with Crippen molar-refractivity contribution in [3.05, 3.63) is 54.2 Å². The van der Waals surface area contributed by atoms with Crippen LogP contribution in [0.4, 0.5) is 0 Å². The zero-order chi connectivity index (χ0) is 57.6. The molecule has 26 nitrogen and oxygen atoms in total. The summed E-state index contributed by atoms with van der Waals surface area (Å²) in [5.41, 5.74) is 18.6. The molecule has 78 heavy (non-hydrogen) atoms. The maximum Gasteiger partial charge on any atom is 0.243 e. The normalized spacial score (nSPS) is 15.5. The van der Waals surface area contributed by atoms with Crippen molar-refractivity contribution in [2.45, 2.75) is 128 Å². The van der Waals surface area contributed by atoms with Gasteiger partial charge in [0.25, 0.3) is 0 Å². The second-order valence-corrected chi connectivity index (χ2v) is 21.0. The second kappa shape index (κ2) is 31.0. The van der Waals surface area contributed by atoms with E-state index in [-0.39, 0.29) is 31.6 Å². The van der Waals surface area contributed by atoms with Gasteiger partial charge in [-0.2, -0.15) is 11.8 Å². The van der Waals surface area contributed by atoms with E-state index in [2.05, 4.69) is 57.5 Å². The first kappa shape index (κ1) is 63.0. The SMILES string of the molecule is CSCC[C@H](NC(=O)[C@H](CC(C)C)NC(=O)[C@H](Cc1cnc[nH]1)NC(=O)CNC(=O)[C@@H](NC(=O)[C@H](C)NC(=O)[C@H](Cc1c[nH]c2ccccc12)NC(=O)[C@H](CC(C(N)=O)C(=O)N1CCCCC1)NC(=O)CN)C(C)C)C(N)=O. The fraction of sp³-hybridized carbons (Fsp3) is 0.569. The molecule has 2 aromatic heterocycles. The summed E-state index contributed by atoms with van der Waals surface area (Å²) in [6.45, 7) is 7.85. The third-order valence-corrected chi connectivity index (χ3v) is 13.7. The van der Waals surface area contributed by atoms with Crippen LogP contribution in [0, 0.1) is 17.8 Å². The van der Waals surface area contributed by atoms with Crippen LogP contribution in [0.15, 0.2) is 43.0 Å². The molecule has 3 heterocycles. The van der Waals surface area contributed by atoms with Gasteiger partial charge in [0.05, 0.1) is 19.4 Å². The number of aromatic nitrogens is 3. The van der Waals surface area contributed by atoms with E-state index < -0.39 is 139 Å². The molecule has 0 spiro atoms. The number of fused-ring (bicyclic) bond motifs is 1. The monoisotopic (exact) mass is 1110 g/mol. The first-order chi connectivity index (χ1) is 37.0. The number of para-hydroxylation sites is 1. The van der Waals surface area contributed by atoms with Gasteiger partial charge in [-0.3, -0.25) is 52.7 Å². The molecule has 11 amide bonds. The van der Waals surface area contributed by atoms with E-state index in [1.807, 2.05) is 20.1 Å². The highest BCUT2D eigenvalue weighted by atomic mass is 32.2. The number of thioether (sulfide) groups is 1. The fourth-order valence-corrected chi connectivity index (χ4v) is 9.18. The minimum absolute atomic E-state index is 0.0833. The fourth-order valence-electron chi connectivity index (χ4n) is 8.71. The summed E-state index contributed by atoms with van der Waals surface area (Å²) in [5, 5.41) is 21.4. The number of primary amides is 2. The highest BCUT2D eigenvalue weighted by molar-refractivity contribution is 7.98. The number of carbonyl (C=O) groups excluding carboxylic acids is 11. The number of imidazole rings is 1. The van der Waals surface area contributed by atoms with E-state index >= 15 is 0 Å². The third kappa shape index (κ3) is 19.5. The van der Waals surface area contributed by atoms with Crippen LogP contribution >= 0.6 is 11.8 Å². The highest BCUT2D eigenvalue weighted by Gasteiger charge is 2.38. The smallest absolute Gasteiger partial charge is 0.243 e. The molecular formula is C51H77N15O11S. The Balaban J connectivity index is 1.47. The van der Waals surface area contributed by atoms with Crippen LogP contribution < -0.4 is 59.7 Å². The van der Waals surface area contributed by atoms with Crippen molar-refractivity contribution in [3.8, 4) is 0 Å². The first-order valence-corrected chi connectivity index (χ1v) is 27.4. The van der Waals surface area contributed by atoms with Crippen molar-refractivity contribution in [3.63, 3.8) is 0 Å². The Morgan fingerprint density at radius 3 is 1.87 bits per heavy atom. The van der Waals surface area contributed by atoms with Gasteiger partial charge >= 0.3 is 0 Å². The molecular weight excluding hydrogens is 1030 g/mol. The number of nitrogens with one attached hydrogen (secondary N) is 10.